The molecule has 1 aromatic carbocycles. The van der Waals surface area contributed by atoms with E-state index in [0.29, 0.717) is 5.41 Å². The van der Waals surface area contributed by atoms with Crippen molar-refractivity contribution in [1.82, 2.24) is 0 Å². The first-order chi connectivity index (χ1) is 7.87. The van der Waals surface area contributed by atoms with Gasteiger partial charge in [0, 0.05) is 10.6 Å². The number of hydrogen-bond acceptors (Lipinski definition) is 2. The molecule has 1 unspecified atom stereocenters. The van der Waals surface area contributed by atoms with Crippen LogP contribution in [0.3, 0.4) is 0 Å². The van der Waals surface area contributed by atoms with Gasteiger partial charge in [-0.05, 0) is 37.3 Å². The average Bonchev–Trinajstić information content (AvgIpc) is 2.25. The Hall–Kier alpha value is -0.470. The van der Waals surface area contributed by atoms with E-state index in [9.17, 15) is 5.11 Å². The quantitative estimate of drug-likeness (QED) is 0.790. The zero-order chi connectivity index (χ0) is 12.9. The topological polar surface area (TPSA) is 20.2 Å². The highest BCUT2D eigenvalue weighted by Gasteiger charge is 2.13. The lowest BCUT2D eigenvalue weighted by molar-refractivity contribution is 0.167. The molecule has 1 atom stereocenters. The Morgan fingerprint density at radius 3 is 2.29 bits per heavy atom. The molecule has 0 aliphatic carbocycles. The predicted molar refractivity (Wildman–Crippen MR) is 76.6 cm³/mol. The first-order valence-electron chi connectivity index (χ1n) is 6.24. The van der Waals surface area contributed by atoms with E-state index in [0.717, 1.165) is 18.6 Å². The molecule has 1 N–H and O–H groups in total. The van der Waals surface area contributed by atoms with Crippen LogP contribution in [-0.2, 0) is 0 Å². The standard InChI is InChI=1S/C15H24OS/c1-12-5-7-14(8-6-12)17-11-13(16)9-10-15(2,3)4/h5-8,13,16H,9-11H2,1-4H3. The Balaban J connectivity index is 2.28. The number of hydrogen-bond donors (Lipinski definition) is 1. The Bertz CT molecular complexity index is 324. The first-order valence-corrected chi connectivity index (χ1v) is 7.23. The van der Waals surface area contributed by atoms with E-state index >= 15 is 0 Å². The van der Waals surface area contributed by atoms with Crippen molar-refractivity contribution >= 4 is 11.8 Å². The summed E-state index contributed by atoms with van der Waals surface area (Å²) in [6.45, 7) is 8.74. The maximum Gasteiger partial charge on any atom is 0.0634 e. The fourth-order valence-corrected chi connectivity index (χ4v) is 2.39. The van der Waals surface area contributed by atoms with Crippen LogP contribution in [0, 0.1) is 12.3 Å². The van der Waals surface area contributed by atoms with Crippen molar-refractivity contribution in [3.8, 4) is 0 Å². The molecular formula is C15H24OS. The van der Waals surface area contributed by atoms with Crippen LogP contribution in [0.5, 0.6) is 0 Å². The zero-order valence-electron chi connectivity index (χ0n) is 11.4. The lowest BCUT2D eigenvalue weighted by atomic mass is 9.89. The van der Waals surface area contributed by atoms with Crippen LogP contribution in [0.25, 0.3) is 0 Å². The van der Waals surface area contributed by atoms with Crippen molar-refractivity contribution in [3.05, 3.63) is 29.8 Å². The minimum Gasteiger partial charge on any atom is -0.392 e. The molecule has 1 rings (SSSR count). The van der Waals surface area contributed by atoms with Crippen molar-refractivity contribution in [2.75, 3.05) is 5.75 Å². The van der Waals surface area contributed by atoms with Crippen LogP contribution < -0.4 is 0 Å². The van der Waals surface area contributed by atoms with E-state index < -0.39 is 0 Å². The third kappa shape index (κ3) is 6.75. The van der Waals surface area contributed by atoms with Gasteiger partial charge in [0.15, 0.2) is 0 Å². The highest BCUT2D eigenvalue weighted by Crippen LogP contribution is 2.24. The van der Waals surface area contributed by atoms with Gasteiger partial charge in [-0.25, -0.2) is 0 Å². The van der Waals surface area contributed by atoms with Crippen molar-refractivity contribution < 1.29 is 5.11 Å². The Morgan fingerprint density at radius 1 is 1.18 bits per heavy atom. The Labute approximate surface area is 110 Å². The number of aryl methyl sites for hydroxylation is 1. The molecule has 0 amide bonds. The van der Waals surface area contributed by atoms with E-state index in [2.05, 4.69) is 52.0 Å². The summed E-state index contributed by atoms with van der Waals surface area (Å²) in [4.78, 5) is 1.24. The number of thioether (sulfide) groups is 1. The summed E-state index contributed by atoms with van der Waals surface area (Å²) < 4.78 is 0. The van der Waals surface area contributed by atoms with Gasteiger partial charge in [0.1, 0.15) is 0 Å². The number of aliphatic hydroxyl groups is 1. The second-order valence-corrected chi connectivity index (χ2v) is 6.97. The van der Waals surface area contributed by atoms with E-state index in [4.69, 9.17) is 0 Å². The monoisotopic (exact) mass is 252 g/mol. The smallest absolute Gasteiger partial charge is 0.0634 e. The van der Waals surface area contributed by atoms with Crippen LogP contribution >= 0.6 is 11.8 Å². The molecule has 1 nitrogen and oxygen atoms in total. The molecule has 0 radical (unpaired) electrons. The Morgan fingerprint density at radius 2 is 1.76 bits per heavy atom. The summed E-state index contributed by atoms with van der Waals surface area (Å²) in [5.41, 5.74) is 1.60. The van der Waals surface area contributed by atoms with E-state index in [-0.39, 0.29) is 6.10 Å². The third-order valence-electron chi connectivity index (χ3n) is 2.69. The zero-order valence-corrected chi connectivity index (χ0v) is 12.2. The van der Waals surface area contributed by atoms with Crippen molar-refractivity contribution in [1.29, 1.82) is 0 Å². The number of rotatable bonds is 5. The number of aliphatic hydroxyl groups excluding tert-OH is 1. The maximum atomic E-state index is 9.91. The van der Waals surface area contributed by atoms with Gasteiger partial charge < -0.3 is 5.11 Å². The predicted octanol–water partition coefficient (Wildman–Crippen LogP) is 4.27. The highest BCUT2D eigenvalue weighted by molar-refractivity contribution is 7.99. The number of benzene rings is 1. The summed E-state index contributed by atoms with van der Waals surface area (Å²) in [6.07, 6.45) is 1.77. The molecule has 0 spiro atoms. The van der Waals surface area contributed by atoms with Gasteiger partial charge in [-0.2, -0.15) is 0 Å². The molecule has 0 aromatic heterocycles. The molecule has 0 bridgehead atoms. The minimum absolute atomic E-state index is 0.194. The van der Waals surface area contributed by atoms with E-state index in [1.54, 1.807) is 11.8 Å². The second-order valence-electron chi connectivity index (χ2n) is 5.88. The van der Waals surface area contributed by atoms with Crippen LogP contribution in [0.15, 0.2) is 29.2 Å². The van der Waals surface area contributed by atoms with Crippen LogP contribution in [0.1, 0.15) is 39.2 Å². The summed E-state index contributed by atoms with van der Waals surface area (Å²) in [7, 11) is 0. The molecule has 0 aliphatic rings. The van der Waals surface area contributed by atoms with E-state index in [1.165, 1.54) is 10.5 Å². The fourth-order valence-electron chi connectivity index (χ4n) is 1.51. The molecule has 0 fully saturated rings. The van der Waals surface area contributed by atoms with Gasteiger partial charge in [0.2, 0.25) is 0 Å². The second kappa shape index (κ2) is 6.46. The molecular weight excluding hydrogens is 228 g/mol. The van der Waals surface area contributed by atoms with Gasteiger partial charge in [0.05, 0.1) is 6.10 Å². The normalized spacial score (nSPS) is 13.7. The minimum atomic E-state index is -0.194. The summed E-state index contributed by atoms with van der Waals surface area (Å²) in [6, 6.07) is 8.47. The summed E-state index contributed by atoms with van der Waals surface area (Å²) in [5.74, 6) is 0.791. The third-order valence-corrected chi connectivity index (χ3v) is 3.85. The Kier molecular flexibility index (Phi) is 5.54. The van der Waals surface area contributed by atoms with Crippen LogP contribution in [0.4, 0.5) is 0 Å². The lowest BCUT2D eigenvalue weighted by Crippen LogP contribution is -2.14. The van der Waals surface area contributed by atoms with Crippen molar-refractivity contribution in [3.63, 3.8) is 0 Å². The highest BCUT2D eigenvalue weighted by atomic mass is 32.2. The van der Waals surface area contributed by atoms with Crippen LogP contribution in [0.2, 0.25) is 0 Å². The average molecular weight is 252 g/mol. The molecule has 0 saturated heterocycles. The van der Waals surface area contributed by atoms with Gasteiger partial charge in [-0.1, -0.05) is 38.5 Å². The molecule has 2 heteroatoms. The van der Waals surface area contributed by atoms with Crippen LogP contribution in [-0.4, -0.2) is 17.0 Å². The van der Waals surface area contributed by atoms with Gasteiger partial charge >= 0.3 is 0 Å². The van der Waals surface area contributed by atoms with E-state index in [1.807, 2.05) is 0 Å². The molecule has 1 aromatic rings. The fraction of sp³-hybridized carbons (Fsp3) is 0.600. The maximum absolute atomic E-state index is 9.91. The van der Waals surface area contributed by atoms with Crippen molar-refractivity contribution in [2.24, 2.45) is 5.41 Å². The summed E-state index contributed by atoms with van der Waals surface area (Å²) >= 11 is 1.74. The molecule has 0 aliphatic heterocycles. The summed E-state index contributed by atoms with van der Waals surface area (Å²) in [5, 5.41) is 9.91. The SMILES string of the molecule is Cc1ccc(SCC(O)CCC(C)(C)C)cc1. The first kappa shape index (κ1) is 14.6. The van der Waals surface area contributed by atoms with Crippen molar-refractivity contribution in [2.45, 2.75) is 51.5 Å². The molecule has 0 saturated carbocycles. The van der Waals surface area contributed by atoms with Gasteiger partial charge in [-0.3, -0.25) is 0 Å². The lowest BCUT2D eigenvalue weighted by Gasteiger charge is -2.20. The largest absolute Gasteiger partial charge is 0.392 e. The molecule has 0 heterocycles. The van der Waals surface area contributed by atoms with Gasteiger partial charge in [-0.15, -0.1) is 11.8 Å². The molecule has 96 valence electrons. The molecule has 17 heavy (non-hydrogen) atoms. The van der Waals surface area contributed by atoms with Gasteiger partial charge in [0.25, 0.3) is 0 Å².